The van der Waals surface area contributed by atoms with E-state index in [1.165, 1.54) is 12.1 Å². The van der Waals surface area contributed by atoms with Gasteiger partial charge in [0.15, 0.2) is 29.6 Å². The summed E-state index contributed by atoms with van der Waals surface area (Å²) in [7, 11) is 0. The van der Waals surface area contributed by atoms with Gasteiger partial charge in [-0.15, -0.1) is 0 Å². The summed E-state index contributed by atoms with van der Waals surface area (Å²) < 4.78 is 27.0. The number of ether oxygens (including phenoxy) is 5. The van der Waals surface area contributed by atoms with Crippen molar-refractivity contribution in [2.45, 2.75) is 0 Å². The molecule has 2 aromatic rings. The van der Waals surface area contributed by atoms with Crippen LogP contribution in [-0.2, 0) is 9.53 Å². The molecule has 0 atom stereocenters. The molecule has 0 aliphatic carbocycles. The summed E-state index contributed by atoms with van der Waals surface area (Å²) in [6.07, 6.45) is 0. The van der Waals surface area contributed by atoms with Crippen molar-refractivity contribution in [2.75, 3.05) is 31.9 Å². The van der Waals surface area contributed by atoms with Crippen LogP contribution in [0, 0.1) is 0 Å². The fourth-order valence-electron chi connectivity index (χ4n) is 2.65. The standard InChI is InChI=1S/C18H13BrClNO7/c19-10-5-13-14(25-2-1-24-13)6-12(10)21-16(22)7-26-18(23)9-3-11(20)17-15(4-9)27-8-28-17/h3-6H,1-2,7-8H2,(H,21,22). The monoisotopic (exact) mass is 469 g/mol. The quantitative estimate of drug-likeness (QED) is 0.685. The molecule has 2 aliphatic rings. The van der Waals surface area contributed by atoms with Crippen LogP contribution in [0.25, 0.3) is 0 Å². The number of carbonyl (C=O) groups excluding carboxylic acids is 2. The molecule has 2 aromatic carbocycles. The van der Waals surface area contributed by atoms with Gasteiger partial charge in [-0.25, -0.2) is 4.79 Å². The molecule has 28 heavy (non-hydrogen) atoms. The van der Waals surface area contributed by atoms with Crippen LogP contribution in [0.5, 0.6) is 23.0 Å². The molecule has 1 amide bonds. The van der Waals surface area contributed by atoms with Crippen molar-refractivity contribution < 1.29 is 33.3 Å². The number of carbonyl (C=O) groups is 2. The maximum Gasteiger partial charge on any atom is 0.338 e. The second kappa shape index (κ2) is 7.76. The van der Waals surface area contributed by atoms with Crippen LogP contribution in [-0.4, -0.2) is 38.5 Å². The van der Waals surface area contributed by atoms with Gasteiger partial charge in [0.1, 0.15) is 13.2 Å². The summed E-state index contributed by atoms with van der Waals surface area (Å²) in [4.78, 5) is 24.4. The minimum atomic E-state index is -0.711. The van der Waals surface area contributed by atoms with Crippen molar-refractivity contribution in [1.29, 1.82) is 0 Å². The summed E-state index contributed by atoms with van der Waals surface area (Å²) in [5.41, 5.74) is 0.624. The van der Waals surface area contributed by atoms with E-state index in [9.17, 15) is 9.59 Å². The average Bonchev–Trinajstić information content (AvgIpc) is 3.16. The summed E-state index contributed by atoms with van der Waals surface area (Å²) >= 11 is 9.40. The van der Waals surface area contributed by atoms with Crippen LogP contribution < -0.4 is 24.3 Å². The first-order chi connectivity index (χ1) is 13.5. The van der Waals surface area contributed by atoms with E-state index in [4.69, 9.17) is 35.3 Å². The molecule has 8 nitrogen and oxygen atoms in total. The maximum absolute atomic E-state index is 12.2. The zero-order valence-corrected chi connectivity index (χ0v) is 16.6. The van der Waals surface area contributed by atoms with Crippen LogP contribution in [0.3, 0.4) is 0 Å². The second-order valence-electron chi connectivity index (χ2n) is 5.79. The molecule has 0 spiro atoms. The lowest BCUT2D eigenvalue weighted by atomic mass is 10.2. The van der Waals surface area contributed by atoms with Crippen molar-refractivity contribution in [3.63, 3.8) is 0 Å². The first-order valence-corrected chi connectivity index (χ1v) is 9.33. The number of halogens is 2. The fraction of sp³-hybridized carbons (Fsp3) is 0.222. The highest BCUT2D eigenvalue weighted by molar-refractivity contribution is 9.10. The van der Waals surface area contributed by atoms with Crippen molar-refractivity contribution in [1.82, 2.24) is 0 Å². The molecule has 2 heterocycles. The topological polar surface area (TPSA) is 92.3 Å². The highest BCUT2D eigenvalue weighted by Gasteiger charge is 2.22. The Bertz CT molecular complexity index is 965. The lowest BCUT2D eigenvalue weighted by Crippen LogP contribution is -2.21. The number of amides is 1. The lowest BCUT2D eigenvalue weighted by Gasteiger charge is -2.20. The first kappa shape index (κ1) is 18.7. The molecule has 2 aliphatic heterocycles. The molecule has 0 radical (unpaired) electrons. The van der Waals surface area contributed by atoms with E-state index in [0.717, 1.165) is 0 Å². The molecule has 10 heteroatoms. The molecule has 0 saturated heterocycles. The molecule has 0 fully saturated rings. The second-order valence-corrected chi connectivity index (χ2v) is 7.05. The fourth-order valence-corrected chi connectivity index (χ4v) is 3.33. The number of hydrogen-bond acceptors (Lipinski definition) is 7. The molecular formula is C18H13BrClNO7. The molecule has 0 saturated carbocycles. The third kappa shape index (κ3) is 3.81. The lowest BCUT2D eigenvalue weighted by molar-refractivity contribution is -0.119. The number of nitrogens with one attached hydrogen (secondary N) is 1. The van der Waals surface area contributed by atoms with Gasteiger partial charge in [0.2, 0.25) is 6.79 Å². The summed E-state index contributed by atoms with van der Waals surface area (Å²) in [5, 5.41) is 2.88. The summed E-state index contributed by atoms with van der Waals surface area (Å²) in [6, 6.07) is 6.18. The first-order valence-electron chi connectivity index (χ1n) is 8.16. The average molecular weight is 471 g/mol. The van der Waals surface area contributed by atoms with Gasteiger partial charge in [0, 0.05) is 16.6 Å². The molecule has 0 bridgehead atoms. The summed E-state index contributed by atoms with van der Waals surface area (Å²) in [5.74, 6) is 0.608. The van der Waals surface area contributed by atoms with Gasteiger partial charge in [0.05, 0.1) is 16.3 Å². The number of anilines is 1. The Hall–Kier alpha value is -2.65. The SMILES string of the molecule is O=C(COC(=O)c1cc(Cl)c2c(c1)OCO2)Nc1cc2c(cc1Br)OCCO2. The van der Waals surface area contributed by atoms with E-state index in [0.29, 0.717) is 46.4 Å². The number of fused-ring (bicyclic) bond motifs is 2. The van der Waals surface area contributed by atoms with Gasteiger partial charge in [-0.05, 0) is 28.1 Å². The number of rotatable bonds is 4. The largest absolute Gasteiger partial charge is 0.486 e. The molecule has 4 rings (SSSR count). The van der Waals surface area contributed by atoms with Crippen LogP contribution >= 0.6 is 27.5 Å². The Labute approximate surface area is 172 Å². The van der Waals surface area contributed by atoms with E-state index in [1.54, 1.807) is 12.1 Å². The van der Waals surface area contributed by atoms with Gasteiger partial charge >= 0.3 is 5.97 Å². The normalized spacial score (nSPS) is 13.8. The maximum atomic E-state index is 12.2. The molecule has 0 unspecified atom stereocenters. The van der Waals surface area contributed by atoms with Gasteiger partial charge in [-0.1, -0.05) is 11.6 Å². The third-order valence-electron chi connectivity index (χ3n) is 3.90. The van der Waals surface area contributed by atoms with Gasteiger partial charge in [-0.2, -0.15) is 0 Å². The van der Waals surface area contributed by atoms with Crippen LogP contribution in [0.4, 0.5) is 5.69 Å². The van der Waals surface area contributed by atoms with E-state index in [2.05, 4.69) is 21.2 Å². The highest BCUT2D eigenvalue weighted by atomic mass is 79.9. The Morgan fingerprint density at radius 1 is 1.04 bits per heavy atom. The number of benzene rings is 2. The third-order valence-corrected chi connectivity index (χ3v) is 4.84. The smallest absolute Gasteiger partial charge is 0.338 e. The van der Waals surface area contributed by atoms with Crippen molar-refractivity contribution in [2.24, 2.45) is 0 Å². The minimum absolute atomic E-state index is 0.0281. The Morgan fingerprint density at radius 3 is 2.57 bits per heavy atom. The van der Waals surface area contributed by atoms with Crippen molar-refractivity contribution in [3.05, 3.63) is 39.3 Å². The zero-order valence-electron chi connectivity index (χ0n) is 14.3. The van der Waals surface area contributed by atoms with E-state index >= 15 is 0 Å². The van der Waals surface area contributed by atoms with Crippen LogP contribution in [0.2, 0.25) is 5.02 Å². The van der Waals surface area contributed by atoms with Gasteiger partial charge < -0.3 is 29.0 Å². The van der Waals surface area contributed by atoms with Gasteiger partial charge in [-0.3, -0.25) is 4.79 Å². The van der Waals surface area contributed by atoms with E-state index < -0.39 is 18.5 Å². The molecular weight excluding hydrogens is 458 g/mol. The molecule has 0 aromatic heterocycles. The predicted octanol–water partition coefficient (Wildman–Crippen LogP) is 3.40. The van der Waals surface area contributed by atoms with Crippen LogP contribution in [0.15, 0.2) is 28.7 Å². The predicted molar refractivity (Wildman–Crippen MR) is 102 cm³/mol. The highest BCUT2D eigenvalue weighted by Crippen LogP contribution is 2.40. The van der Waals surface area contributed by atoms with Crippen molar-refractivity contribution >= 4 is 45.1 Å². The van der Waals surface area contributed by atoms with Crippen LogP contribution in [0.1, 0.15) is 10.4 Å². The minimum Gasteiger partial charge on any atom is -0.486 e. The molecule has 146 valence electrons. The Balaban J connectivity index is 1.38. The van der Waals surface area contributed by atoms with Gasteiger partial charge in [0.25, 0.3) is 5.91 Å². The zero-order chi connectivity index (χ0) is 19.7. The van der Waals surface area contributed by atoms with E-state index in [-0.39, 0.29) is 17.4 Å². The number of hydrogen-bond donors (Lipinski definition) is 1. The number of esters is 1. The van der Waals surface area contributed by atoms with E-state index in [1.807, 2.05) is 0 Å². The van der Waals surface area contributed by atoms with Crippen molar-refractivity contribution in [3.8, 4) is 23.0 Å². The molecule has 1 N–H and O–H groups in total. The Morgan fingerprint density at radius 2 is 1.79 bits per heavy atom. The summed E-state index contributed by atoms with van der Waals surface area (Å²) in [6.45, 7) is 0.439. The Kier molecular flexibility index (Phi) is 5.19.